The molecule has 106 heavy (non-hydrogen) atoms. The minimum Gasteiger partial charge on any atom is -0.377 e. The summed E-state index contributed by atoms with van der Waals surface area (Å²) in [7, 11) is 10.8. The topological polar surface area (TPSA) is 279 Å². The van der Waals surface area contributed by atoms with Gasteiger partial charge in [0, 0.05) is 82.5 Å². The average molecular weight is 1520 g/mol. The molecule has 3 heterocycles. The Bertz CT molecular complexity index is 3170. The zero-order chi connectivity index (χ0) is 78.8. The molecule has 12 amide bonds. The fourth-order valence-electron chi connectivity index (χ4n) is 16.8. The zero-order valence-corrected chi connectivity index (χ0v) is 63.4. The molecule has 4 saturated carbocycles. The first-order chi connectivity index (χ1) is 49.7. The Morgan fingerprint density at radius 1 is 0.651 bits per heavy atom. The van der Waals surface area contributed by atoms with Gasteiger partial charge in [-0.15, -0.1) is 0 Å². The first-order valence-electron chi connectivity index (χ1n) is 37.6. The third-order valence-corrected chi connectivity index (χ3v) is 23.7. The zero-order valence-electron chi connectivity index (χ0n) is 63.4. The molecule has 3 aliphatic heterocycles. The highest BCUT2D eigenvalue weighted by Crippen LogP contribution is 2.46. The number of ether oxygens (including phenoxy) is 1. The lowest BCUT2D eigenvalue weighted by Gasteiger charge is -2.42. The van der Waals surface area contributed by atoms with Gasteiger partial charge < -0.3 is 64.8 Å². The van der Waals surface area contributed by atoms with Crippen LogP contribution in [0, 0.1) is 35.5 Å². The van der Waals surface area contributed by atoms with E-state index in [1.54, 1.807) is 32.9 Å². The van der Waals surface area contributed by atoms with Crippen molar-refractivity contribution in [3.8, 4) is 0 Å². The Labute approximate surface area is 616 Å². The van der Waals surface area contributed by atoms with E-state index in [0.717, 1.165) is 29.4 Å². The summed E-state index contributed by atoms with van der Waals surface area (Å²) >= 11 is 0. The SMILES string of the molecule is CCO[C@@H]1C[C@H]2C(=O)NC3(CCCC3)C(=O)N(C)[C@@H](C3CCCC3)C(=O)N(C)[C@H](C(=O)N(C)C)CC(=O)N(C)[C@@H](C)C(=O)N[C@@H]([C@@H](C)CC)C(=O)N(C)CC(=O)N(C)[C@H]3C/C=C\CCN(C3=O)[C@@H](CC3CCC(C(F)(F)F)CC3)C(=O)N(C)CC(=O)N[C@@H](CCC3CC(F)C(C(F)(F)F)C(F)C3)C(=O)N2C1. The molecule has 598 valence electrons. The van der Waals surface area contributed by atoms with E-state index in [0.29, 0.717) is 44.9 Å². The number of rotatable bonds is 11. The van der Waals surface area contributed by atoms with E-state index in [9.17, 15) is 55.1 Å². The normalized spacial score (nSPS) is 32.4. The minimum atomic E-state index is -5.22. The summed E-state index contributed by atoms with van der Waals surface area (Å²) in [5.74, 6) is -16.9. The molecule has 0 aromatic heterocycles. The molecule has 2 saturated heterocycles. The summed E-state index contributed by atoms with van der Waals surface area (Å²) in [5.41, 5.74) is -1.71. The maximum Gasteiger partial charge on any atom is 0.397 e. The monoisotopic (exact) mass is 1520 g/mol. The van der Waals surface area contributed by atoms with E-state index in [1.165, 1.54) is 78.0 Å². The van der Waals surface area contributed by atoms with Gasteiger partial charge in [0.15, 0.2) is 0 Å². The van der Waals surface area contributed by atoms with Crippen LogP contribution < -0.4 is 16.0 Å². The second-order valence-corrected chi connectivity index (χ2v) is 31.0. The molecule has 6 fully saturated rings. The molecule has 25 nitrogen and oxygen atoms in total. The fourth-order valence-corrected chi connectivity index (χ4v) is 16.8. The van der Waals surface area contributed by atoms with Crippen molar-refractivity contribution in [2.75, 3.05) is 89.2 Å². The lowest BCUT2D eigenvalue weighted by atomic mass is 9.76. The molecule has 1 spiro atoms. The Kier molecular flexibility index (Phi) is 29.9. The summed E-state index contributed by atoms with van der Waals surface area (Å²) in [6, 6.07) is -11.4. The molecule has 2 unspecified atom stereocenters. The molecule has 2 bridgehead atoms. The second-order valence-electron chi connectivity index (χ2n) is 31.0. The number of fused-ring (bicyclic) bond motifs is 3. The maximum absolute atomic E-state index is 15.6. The van der Waals surface area contributed by atoms with Crippen molar-refractivity contribution in [1.82, 2.24) is 60.0 Å². The van der Waals surface area contributed by atoms with Crippen LogP contribution in [0.15, 0.2) is 12.2 Å². The van der Waals surface area contributed by atoms with E-state index in [2.05, 4.69) is 16.0 Å². The molecular formula is C73H112F8N12O13. The number of carbonyl (C=O) groups excluding carboxylic acids is 12. The lowest BCUT2D eigenvalue weighted by molar-refractivity contribution is -0.219. The summed E-state index contributed by atoms with van der Waals surface area (Å²) in [4.78, 5) is 190. The van der Waals surface area contributed by atoms with Crippen LogP contribution in [0.4, 0.5) is 35.1 Å². The van der Waals surface area contributed by atoms with E-state index >= 15 is 37.5 Å². The largest absolute Gasteiger partial charge is 0.397 e. The molecule has 33 heteroatoms. The van der Waals surface area contributed by atoms with Crippen LogP contribution in [0.5, 0.6) is 0 Å². The molecule has 12 atom stereocenters. The highest BCUT2D eigenvalue weighted by atomic mass is 19.4. The van der Waals surface area contributed by atoms with Gasteiger partial charge in [-0.2, -0.15) is 26.3 Å². The van der Waals surface area contributed by atoms with Gasteiger partial charge in [0.1, 0.15) is 72.1 Å². The molecule has 0 radical (unpaired) electrons. The summed E-state index contributed by atoms with van der Waals surface area (Å²) < 4.78 is 121. The van der Waals surface area contributed by atoms with Crippen molar-refractivity contribution >= 4 is 70.9 Å². The van der Waals surface area contributed by atoms with Crippen LogP contribution in [0.2, 0.25) is 0 Å². The van der Waals surface area contributed by atoms with Crippen LogP contribution in [0.3, 0.4) is 0 Å². The van der Waals surface area contributed by atoms with Crippen LogP contribution in [0.25, 0.3) is 0 Å². The standard InChI is InChI=1S/C73H112F8N12O13/c1-13-42(3)60-68(103)87(8)41-58(96)89(10)52-24-16-15-21-33-92(67(52)102)55(36-44-25-28-47(29-26-44)72(76,77)78)66(101)86(7)40-56(94)82-51(30-27-45-34-49(74)59(50(75)35-45)73(79,80)81)64(99)93-39-48(106-14-2)37-53(93)63(98)84-71(31-19-20-32-71)70(105)91(12)61(46-22-17-18-23-46)69(104)90(11)54(65(100)85(5)6)38-57(95)88(9)43(4)62(97)83-60/h15-16,42-55,59-61H,13-14,17-41H2,1-12H3,(H,82,94)(H,83,97)(H,84,98)/b16-15-/t42-,43-,44?,45?,47?,48+,49?,50?,51-,52-,53-,54-,55-,59?,60-,61-/m0/s1. The molecule has 4 aliphatic carbocycles. The number of carbonyl (C=O) groups is 12. The Morgan fingerprint density at radius 3 is 1.84 bits per heavy atom. The van der Waals surface area contributed by atoms with E-state index in [4.69, 9.17) is 4.74 Å². The molecule has 7 aliphatic rings. The summed E-state index contributed by atoms with van der Waals surface area (Å²) in [6.45, 7) is 4.61. The number of nitrogens with zero attached hydrogens (tertiary/aromatic N) is 9. The Balaban J connectivity index is 1.32. The van der Waals surface area contributed by atoms with Crippen molar-refractivity contribution in [2.45, 2.75) is 254 Å². The smallest absolute Gasteiger partial charge is 0.377 e. The highest BCUT2D eigenvalue weighted by Gasteiger charge is 2.56. The van der Waals surface area contributed by atoms with Crippen molar-refractivity contribution in [3.63, 3.8) is 0 Å². The Morgan fingerprint density at radius 2 is 1.26 bits per heavy atom. The van der Waals surface area contributed by atoms with Gasteiger partial charge in [-0.05, 0) is 134 Å². The fraction of sp³-hybridized carbons (Fsp3) is 0.808. The van der Waals surface area contributed by atoms with Gasteiger partial charge in [-0.25, -0.2) is 8.78 Å². The lowest BCUT2D eigenvalue weighted by Crippen LogP contribution is -2.65. The maximum atomic E-state index is 15.6. The number of likely N-dealkylation sites (N-methyl/N-ethyl adjacent to an activating group) is 7. The van der Waals surface area contributed by atoms with Crippen molar-refractivity contribution in [1.29, 1.82) is 0 Å². The quantitative estimate of drug-likeness (QED) is 0.165. The molecule has 3 N–H and O–H groups in total. The van der Waals surface area contributed by atoms with E-state index < -0.39 is 230 Å². The first kappa shape index (κ1) is 86.0. The molecule has 7 rings (SSSR count). The van der Waals surface area contributed by atoms with Gasteiger partial charge in [0.25, 0.3) is 0 Å². The number of halogens is 8. The van der Waals surface area contributed by atoms with Gasteiger partial charge in [0.05, 0.1) is 31.5 Å². The number of nitrogens with one attached hydrogen (secondary N) is 3. The summed E-state index contributed by atoms with van der Waals surface area (Å²) in [5, 5.41) is 8.36. The third-order valence-electron chi connectivity index (χ3n) is 23.7. The van der Waals surface area contributed by atoms with Crippen molar-refractivity contribution < 1.29 is 97.4 Å². The number of alkyl halides is 8. The molecule has 0 aromatic rings. The predicted octanol–water partition coefficient (Wildman–Crippen LogP) is 5.71. The van der Waals surface area contributed by atoms with E-state index in [1.807, 2.05) is 0 Å². The summed E-state index contributed by atoms with van der Waals surface area (Å²) in [6.07, 6.45) is -12.9. The van der Waals surface area contributed by atoms with Crippen molar-refractivity contribution in [2.24, 2.45) is 35.5 Å². The van der Waals surface area contributed by atoms with Gasteiger partial charge >= 0.3 is 12.4 Å². The third kappa shape index (κ3) is 20.6. The number of hydrogen-bond acceptors (Lipinski definition) is 13. The van der Waals surface area contributed by atoms with E-state index in [-0.39, 0.29) is 90.3 Å². The van der Waals surface area contributed by atoms with Crippen LogP contribution >= 0.6 is 0 Å². The van der Waals surface area contributed by atoms with Crippen molar-refractivity contribution in [3.05, 3.63) is 12.2 Å². The van der Waals surface area contributed by atoms with Crippen LogP contribution in [0.1, 0.15) is 169 Å². The van der Waals surface area contributed by atoms with Crippen LogP contribution in [-0.2, 0) is 62.3 Å². The average Bonchev–Trinajstić information content (AvgIpc) is 1.53. The first-order valence-corrected chi connectivity index (χ1v) is 37.6. The van der Waals surface area contributed by atoms with Gasteiger partial charge in [0.2, 0.25) is 70.9 Å². The van der Waals surface area contributed by atoms with Gasteiger partial charge in [-0.1, -0.05) is 58.1 Å². The predicted molar refractivity (Wildman–Crippen MR) is 372 cm³/mol. The highest BCUT2D eigenvalue weighted by molar-refractivity contribution is 6.01. The van der Waals surface area contributed by atoms with Gasteiger partial charge in [-0.3, -0.25) is 57.5 Å². The van der Waals surface area contributed by atoms with Crippen LogP contribution in [-0.4, -0.2) is 289 Å². The number of hydrogen-bond donors (Lipinski definition) is 3. The minimum absolute atomic E-state index is 0.00455. The Hall–Kier alpha value is -7.22. The molecular weight excluding hydrogens is 1400 g/mol. The molecule has 0 aromatic carbocycles. The number of amides is 12. The second kappa shape index (κ2) is 36.8.